The van der Waals surface area contributed by atoms with Crippen LogP contribution in [0, 0.1) is 0 Å². The van der Waals surface area contributed by atoms with Crippen LogP contribution in [-0.4, -0.2) is 54.5 Å². The molecule has 0 radical (unpaired) electrons. The van der Waals surface area contributed by atoms with Crippen LogP contribution in [-0.2, 0) is 6.42 Å². The minimum absolute atomic E-state index is 0.174. The maximum atomic E-state index is 12.9. The summed E-state index contributed by atoms with van der Waals surface area (Å²) in [6.45, 7) is 6.96. The fourth-order valence-electron chi connectivity index (χ4n) is 3.43. The first-order valence-electron chi connectivity index (χ1n) is 7.95. The van der Waals surface area contributed by atoms with E-state index in [0.29, 0.717) is 12.1 Å². The molecule has 0 aliphatic carbocycles. The van der Waals surface area contributed by atoms with Crippen LogP contribution in [0.3, 0.4) is 0 Å². The summed E-state index contributed by atoms with van der Waals surface area (Å²) in [5, 5.41) is 3.42. The van der Waals surface area contributed by atoms with E-state index in [9.17, 15) is 4.79 Å². The van der Waals surface area contributed by atoms with Crippen molar-refractivity contribution in [3.8, 4) is 0 Å². The standard InChI is InChI=1S/C17H25N3O/c1-12-10-20(11-13(2)19(12)3)17(21)15-8-4-6-14-7-5-9-18-16(14)15/h4,6,8,12-13,18H,5,7,9-11H2,1-3H3. The highest BCUT2D eigenvalue weighted by Gasteiger charge is 2.31. The average Bonchev–Trinajstić information content (AvgIpc) is 2.51. The minimum atomic E-state index is 0.174. The molecule has 1 N–H and O–H groups in total. The first-order valence-corrected chi connectivity index (χ1v) is 7.95. The van der Waals surface area contributed by atoms with Crippen molar-refractivity contribution in [1.29, 1.82) is 0 Å². The zero-order valence-corrected chi connectivity index (χ0v) is 13.2. The summed E-state index contributed by atoms with van der Waals surface area (Å²) in [6.07, 6.45) is 2.21. The molecule has 1 fully saturated rings. The second kappa shape index (κ2) is 5.68. The molecule has 3 rings (SSSR count). The van der Waals surface area contributed by atoms with Gasteiger partial charge in [-0.05, 0) is 45.4 Å². The van der Waals surface area contributed by atoms with Crippen molar-refractivity contribution in [2.45, 2.75) is 38.8 Å². The normalized spacial score (nSPS) is 26.1. The Labute approximate surface area is 127 Å². The first kappa shape index (κ1) is 14.4. The van der Waals surface area contributed by atoms with Crippen molar-refractivity contribution in [3.63, 3.8) is 0 Å². The Morgan fingerprint density at radius 1 is 1.24 bits per heavy atom. The van der Waals surface area contributed by atoms with Crippen molar-refractivity contribution >= 4 is 11.6 Å². The van der Waals surface area contributed by atoms with Crippen LogP contribution in [0.2, 0.25) is 0 Å². The molecule has 0 aromatic heterocycles. The number of rotatable bonds is 1. The molecule has 2 atom stereocenters. The molecule has 2 aliphatic rings. The van der Waals surface area contributed by atoms with E-state index in [1.54, 1.807) is 0 Å². The number of benzene rings is 1. The quantitative estimate of drug-likeness (QED) is 0.860. The molecule has 0 bridgehead atoms. The lowest BCUT2D eigenvalue weighted by atomic mass is 9.98. The molecular formula is C17H25N3O. The summed E-state index contributed by atoms with van der Waals surface area (Å²) in [5.41, 5.74) is 3.19. The summed E-state index contributed by atoms with van der Waals surface area (Å²) in [5.74, 6) is 0.174. The molecule has 1 amide bonds. The topological polar surface area (TPSA) is 35.6 Å². The molecule has 0 saturated carbocycles. The predicted octanol–water partition coefficient (Wildman–Crippen LogP) is 2.21. The van der Waals surface area contributed by atoms with Gasteiger partial charge in [0.15, 0.2) is 0 Å². The lowest BCUT2D eigenvalue weighted by molar-refractivity contribution is 0.0415. The number of carbonyl (C=O) groups is 1. The summed E-state index contributed by atoms with van der Waals surface area (Å²) in [4.78, 5) is 17.3. The molecule has 2 unspecified atom stereocenters. The SMILES string of the molecule is CC1CN(C(=O)c2cccc3c2NCCC3)CC(C)N1C. The number of hydrogen-bond acceptors (Lipinski definition) is 3. The molecule has 1 saturated heterocycles. The van der Waals surface area contributed by atoms with Crippen LogP contribution in [0.25, 0.3) is 0 Å². The van der Waals surface area contributed by atoms with Crippen molar-refractivity contribution in [2.75, 3.05) is 32.0 Å². The number of nitrogens with one attached hydrogen (secondary N) is 1. The fraction of sp³-hybridized carbons (Fsp3) is 0.588. The summed E-state index contributed by atoms with van der Waals surface area (Å²) in [7, 11) is 2.14. The Morgan fingerprint density at radius 3 is 2.67 bits per heavy atom. The monoisotopic (exact) mass is 287 g/mol. The number of amides is 1. The van der Waals surface area contributed by atoms with E-state index < -0.39 is 0 Å². The number of fused-ring (bicyclic) bond motifs is 1. The van der Waals surface area contributed by atoms with E-state index in [0.717, 1.165) is 43.7 Å². The maximum absolute atomic E-state index is 12.9. The van der Waals surface area contributed by atoms with Crippen molar-refractivity contribution in [1.82, 2.24) is 9.80 Å². The second-order valence-corrected chi connectivity index (χ2v) is 6.44. The van der Waals surface area contributed by atoms with Gasteiger partial charge in [0.05, 0.1) is 11.3 Å². The highest BCUT2D eigenvalue weighted by molar-refractivity contribution is 6.00. The molecule has 4 heteroatoms. The van der Waals surface area contributed by atoms with Gasteiger partial charge in [-0.3, -0.25) is 9.69 Å². The van der Waals surface area contributed by atoms with Gasteiger partial charge in [0, 0.05) is 31.7 Å². The number of hydrogen-bond donors (Lipinski definition) is 1. The lowest BCUT2D eigenvalue weighted by Crippen LogP contribution is -2.56. The van der Waals surface area contributed by atoms with E-state index in [2.05, 4.69) is 37.2 Å². The van der Waals surface area contributed by atoms with Crippen molar-refractivity contribution in [3.05, 3.63) is 29.3 Å². The second-order valence-electron chi connectivity index (χ2n) is 6.44. The van der Waals surface area contributed by atoms with Gasteiger partial charge in [0.25, 0.3) is 5.91 Å². The number of carbonyl (C=O) groups excluding carboxylic acids is 1. The van der Waals surface area contributed by atoms with Crippen LogP contribution in [0.5, 0.6) is 0 Å². The Morgan fingerprint density at radius 2 is 1.95 bits per heavy atom. The first-order chi connectivity index (χ1) is 10.1. The number of aryl methyl sites for hydroxylation is 1. The highest BCUT2D eigenvalue weighted by atomic mass is 16.2. The minimum Gasteiger partial charge on any atom is -0.384 e. The zero-order chi connectivity index (χ0) is 15.0. The molecule has 2 aliphatic heterocycles. The van der Waals surface area contributed by atoms with Crippen LogP contribution in [0.4, 0.5) is 5.69 Å². The third kappa shape index (κ3) is 2.64. The van der Waals surface area contributed by atoms with E-state index in [-0.39, 0.29) is 5.91 Å². The molecule has 0 spiro atoms. The van der Waals surface area contributed by atoms with Gasteiger partial charge in [-0.1, -0.05) is 12.1 Å². The molecular weight excluding hydrogens is 262 g/mol. The van der Waals surface area contributed by atoms with Gasteiger partial charge in [-0.2, -0.15) is 0 Å². The van der Waals surface area contributed by atoms with Crippen LogP contribution >= 0.6 is 0 Å². The molecule has 21 heavy (non-hydrogen) atoms. The van der Waals surface area contributed by atoms with Crippen molar-refractivity contribution < 1.29 is 4.79 Å². The van der Waals surface area contributed by atoms with Gasteiger partial charge in [-0.25, -0.2) is 0 Å². The number of nitrogens with zero attached hydrogens (tertiary/aromatic N) is 2. The highest BCUT2D eigenvalue weighted by Crippen LogP contribution is 2.28. The molecule has 4 nitrogen and oxygen atoms in total. The van der Waals surface area contributed by atoms with Crippen LogP contribution in [0.1, 0.15) is 36.2 Å². The van der Waals surface area contributed by atoms with Gasteiger partial charge in [0.2, 0.25) is 0 Å². The maximum Gasteiger partial charge on any atom is 0.256 e. The Kier molecular flexibility index (Phi) is 3.89. The number of piperazine rings is 1. The molecule has 114 valence electrons. The average molecular weight is 287 g/mol. The van der Waals surface area contributed by atoms with Gasteiger partial charge < -0.3 is 10.2 Å². The van der Waals surface area contributed by atoms with Crippen LogP contribution in [0.15, 0.2) is 18.2 Å². The lowest BCUT2D eigenvalue weighted by Gasteiger charge is -2.42. The third-order valence-corrected chi connectivity index (χ3v) is 4.95. The summed E-state index contributed by atoms with van der Waals surface area (Å²) >= 11 is 0. The van der Waals surface area contributed by atoms with E-state index in [1.807, 2.05) is 17.0 Å². The Bertz CT molecular complexity index is 531. The van der Waals surface area contributed by atoms with Gasteiger partial charge >= 0.3 is 0 Å². The number of para-hydroxylation sites is 1. The third-order valence-electron chi connectivity index (χ3n) is 4.95. The molecule has 1 aromatic carbocycles. The molecule has 2 heterocycles. The summed E-state index contributed by atoms with van der Waals surface area (Å²) < 4.78 is 0. The number of anilines is 1. The number of likely N-dealkylation sites (N-methyl/N-ethyl adjacent to an activating group) is 1. The van der Waals surface area contributed by atoms with E-state index in [4.69, 9.17) is 0 Å². The Hall–Kier alpha value is -1.55. The largest absolute Gasteiger partial charge is 0.384 e. The van der Waals surface area contributed by atoms with E-state index in [1.165, 1.54) is 5.56 Å². The van der Waals surface area contributed by atoms with Gasteiger partial charge in [-0.15, -0.1) is 0 Å². The van der Waals surface area contributed by atoms with E-state index >= 15 is 0 Å². The smallest absolute Gasteiger partial charge is 0.256 e. The van der Waals surface area contributed by atoms with Gasteiger partial charge in [0.1, 0.15) is 0 Å². The fourth-order valence-corrected chi connectivity index (χ4v) is 3.43. The van der Waals surface area contributed by atoms with Crippen molar-refractivity contribution in [2.24, 2.45) is 0 Å². The predicted molar refractivity (Wildman–Crippen MR) is 85.8 cm³/mol. The summed E-state index contributed by atoms with van der Waals surface area (Å²) in [6, 6.07) is 6.93. The van der Waals surface area contributed by atoms with Crippen LogP contribution < -0.4 is 5.32 Å². The Balaban J connectivity index is 1.86. The zero-order valence-electron chi connectivity index (χ0n) is 13.2. The molecule has 1 aromatic rings.